The van der Waals surface area contributed by atoms with Crippen LogP contribution >= 0.6 is 34.7 Å². The first-order valence-electron chi connectivity index (χ1n) is 9.26. The van der Waals surface area contributed by atoms with Gasteiger partial charge in [-0.15, -0.1) is 11.8 Å². The molecule has 0 aliphatic rings. The molecule has 0 atom stereocenters. The number of ether oxygens (including phenoxy) is 1. The Morgan fingerprint density at radius 1 is 1.26 bits per heavy atom. The van der Waals surface area contributed by atoms with Crippen molar-refractivity contribution >= 4 is 62.5 Å². The molecular formula is C20H18ClN3O5S2. The predicted molar refractivity (Wildman–Crippen MR) is 120 cm³/mol. The van der Waals surface area contributed by atoms with Crippen LogP contribution in [0.15, 0.2) is 52.4 Å². The zero-order valence-electron chi connectivity index (χ0n) is 16.4. The number of hydrogen-bond donors (Lipinski definition) is 0. The van der Waals surface area contributed by atoms with E-state index in [0.717, 1.165) is 4.90 Å². The molecule has 0 N–H and O–H groups in total. The van der Waals surface area contributed by atoms with E-state index in [-0.39, 0.29) is 31.2 Å². The normalized spacial score (nSPS) is 11.6. The number of aromatic nitrogens is 1. The molecule has 0 saturated carbocycles. The molecule has 162 valence electrons. The highest BCUT2D eigenvalue weighted by atomic mass is 35.5. The van der Waals surface area contributed by atoms with Crippen molar-refractivity contribution in [1.82, 2.24) is 4.57 Å². The Morgan fingerprint density at radius 2 is 2.00 bits per heavy atom. The first-order chi connectivity index (χ1) is 14.9. The van der Waals surface area contributed by atoms with Crippen LogP contribution in [0.2, 0.25) is 5.02 Å². The van der Waals surface area contributed by atoms with E-state index in [9.17, 15) is 19.7 Å². The lowest BCUT2D eigenvalue weighted by atomic mass is 10.3. The lowest BCUT2D eigenvalue weighted by Gasteiger charge is -2.05. The van der Waals surface area contributed by atoms with E-state index in [1.807, 2.05) is 12.1 Å². The number of nitrogens with zero attached hydrogens (tertiary/aromatic N) is 3. The Bertz CT molecular complexity index is 1190. The van der Waals surface area contributed by atoms with Crippen LogP contribution in [0.4, 0.5) is 5.69 Å². The molecule has 0 aliphatic heterocycles. The third-order valence-corrected chi connectivity index (χ3v) is 6.41. The van der Waals surface area contributed by atoms with E-state index in [1.54, 1.807) is 25.1 Å². The molecule has 2 aromatic carbocycles. The highest BCUT2D eigenvalue weighted by molar-refractivity contribution is 7.99. The maximum absolute atomic E-state index is 12.4. The van der Waals surface area contributed by atoms with Crippen molar-refractivity contribution < 1.29 is 19.2 Å². The Kier molecular flexibility index (Phi) is 7.83. The van der Waals surface area contributed by atoms with Crippen molar-refractivity contribution in [3.05, 3.63) is 62.4 Å². The second-order valence-corrected chi connectivity index (χ2v) is 8.86. The van der Waals surface area contributed by atoms with Crippen molar-refractivity contribution in [2.75, 3.05) is 12.4 Å². The Morgan fingerprint density at radius 3 is 2.68 bits per heavy atom. The van der Waals surface area contributed by atoms with Crippen LogP contribution in [0.25, 0.3) is 10.2 Å². The van der Waals surface area contributed by atoms with Crippen LogP contribution in [-0.4, -0.2) is 33.7 Å². The van der Waals surface area contributed by atoms with Gasteiger partial charge in [0.25, 0.3) is 5.69 Å². The van der Waals surface area contributed by atoms with Gasteiger partial charge in [-0.3, -0.25) is 19.7 Å². The van der Waals surface area contributed by atoms with Crippen molar-refractivity contribution in [2.45, 2.75) is 24.8 Å². The zero-order valence-corrected chi connectivity index (χ0v) is 18.8. The van der Waals surface area contributed by atoms with Gasteiger partial charge in [-0.05, 0) is 37.3 Å². The monoisotopic (exact) mass is 479 g/mol. The number of benzene rings is 2. The molecule has 8 nitrogen and oxygen atoms in total. The molecule has 0 bridgehead atoms. The van der Waals surface area contributed by atoms with Crippen molar-refractivity contribution in [1.29, 1.82) is 0 Å². The van der Waals surface area contributed by atoms with Crippen LogP contribution in [0.1, 0.15) is 13.3 Å². The lowest BCUT2D eigenvalue weighted by molar-refractivity contribution is -0.384. The summed E-state index contributed by atoms with van der Waals surface area (Å²) in [6, 6.07) is 11.6. The van der Waals surface area contributed by atoms with Gasteiger partial charge in [0.05, 0.1) is 21.7 Å². The highest BCUT2D eigenvalue weighted by Crippen LogP contribution is 2.24. The Labute approximate surface area is 190 Å². The number of carbonyl (C=O) groups excluding carboxylic acids is 2. The predicted octanol–water partition coefficient (Wildman–Crippen LogP) is 4.44. The minimum Gasteiger partial charge on any atom is -0.465 e. The molecule has 31 heavy (non-hydrogen) atoms. The summed E-state index contributed by atoms with van der Waals surface area (Å²) in [5.74, 6) is -0.334. The third kappa shape index (κ3) is 6.16. The summed E-state index contributed by atoms with van der Waals surface area (Å²) >= 11 is 8.56. The fourth-order valence-electron chi connectivity index (χ4n) is 2.69. The summed E-state index contributed by atoms with van der Waals surface area (Å²) < 4.78 is 7.15. The number of non-ortho nitro benzene ring substituents is 1. The molecule has 1 aromatic heterocycles. The maximum atomic E-state index is 12.4. The van der Waals surface area contributed by atoms with Crippen LogP contribution in [-0.2, 0) is 20.9 Å². The van der Waals surface area contributed by atoms with Crippen LogP contribution in [0.3, 0.4) is 0 Å². The molecule has 0 aliphatic carbocycles. The second kappa shape index (κ2) is 10.6. The number of halogens is 1. The molecule has 0 radical (unpaired) electrons. The first-order valence-corrected chi connectivity index (χ1v) is 11.4. The summed E-state index contributed by atoms with van der Waals surface area (Å²) in [7, 11) is 0. The van der Waals surface area contributed by atoms with E-state index in [0.29, 0.717) is 25.8 Å². The number of thiazole rings is 1. The summed E-state index contributed by atoms with van der Waals surface area (Å²) in [5, 5.41) is 11.8. The minimum absolute atomic E-state index is 0.111. The van der Waals surface area contributed by atoms with Gasteiger partial charge in [0.2, 0.25) is 5.91 Å². The average molecular weight is 480 g/mol. The van der Waals surface area contributed by atoms with Gasteiger partial charge in [-0.1, -0.05) is 22.9 Å². The van der Waals surface area contributed by atoms with E-state index < -0.39 is 10.9 Å². The van der Waals surface area contributed by atoms with Crippen molar-refractivity contribution in [3.8, 4) is 0 Å². The van der Waals surface area contributed by atoms with Gasteiger partial charge >= 0.3 is 5.97 Å². The molecular weight excluding hydrogens is 462 g/mol. The van der Waals surface area contributed by atoms with Crippen LogP contribution in [0.5, 0.6) is 0 Å². The van der Waals surface area contributed by atoms with Crippen LogP contribution < -0.4 is 4.80 Å². The van der Waals surface area contributed by atoms with Crippen LogP contribution in [0, 0.1) is 10.1 Å². The molecule has 1 amide bonds. The zero-order chi connectivity index (χ0) is 22.4. The number of esters is 1. The van der Waals surface area contributed by atoms with Crippen molar-refractivity contribution in [3.63, 3.8) is 0 Å². The maximum Gasteiger partial charge on any atom is 0.326 e. The standard InChI is InChI=1S/C20H18ClN3O5S2/c1-2-29-19(26)12-23-16-11-14(24(27)28)5-8-17(16)31-20(23)22-18(25)9-10-30-15-6-3-13(21)4-7-15/h3-8,11H,2,9-10,12H2,1H3. The largest absolute Gasteiger partial charge is 0.465 e. The topological polar surface area (TPSA) is 104 Å². The number of carbonyl (C=O) groups is 2. The molecule has 11 heteroatoms. The van der Waals surface area contributed by atoms with E-state index in [2.05, 4.69) is 4.99 Å². The van der Waals surface area contributed by atoms with E-state index in [4.69, 9.17) is 16.3 Å². The first kappa shape index (κ1) is 23.0. The van der Waals surface area contributed by atoms with Gasteiger partial charge in [0.1, 0.15) is 6.54 Å². The summed E-state index contributed by atoms with van der Waals surface area (Å²) in [6.45, 7) is 1.70. The third-order valence-electron chi connectivity index (χ3n) is 4.09. The Hall–Kier alpha value is -2.69. The van der Waals surface area contributed by atoms with Gasteiger partial charge in [-0.2, -0.15) is 4.99 Å². The number of amides is 1. The lowest BCUT2D eigenvalue weighted by Crippen LogP contribution is -2.23. The molecule has 0 spiro atoms. The number of rotatable bonds is 8. The molecule has 3 aromatic rings. The number of nitro groups is 1. The molecule has 3 rings (SSSR count). The summed E-state index contributed by atoms with van der Waals surface area (Å²) in [4.78, 5) is 40.6. The fraction of sp³-hybridized carbons (Fsp3) is 0.250. The number of fused-ring (bicyclic) bond motifs is 1. The minimum atomic E-state index is -0.513. The average Bonchev–Trinajstić information content (AvgIpc) is 3.05. The molecule has 1 heterocycles. The quantitative estimate of drug-likeness (QED) is 0.205. The van der Waals surface area contributed by atoms with Gasteiger partial charge in [0.15, 0.2) is 4.80 Å². The smallest absolute Gasteiger partial charge is 0.326 e. The summed E-state index contributed by atoms with van der Waals surface area (Å²) in [6.07, 6.45) is 0.196. The van der Waals surface area contributed by atoms with E-state index >= 15 is 0 Å². The fourth-order valence-corrected chi connectivity index (χ4v) is 4.69. The Balaban J connectivity index is 1.84. The van der Waals surface area contributed by atoms with Crippen molar-refractivity contribution in [2.24, 2.45) is 4.99 Å². The molecule has 0 unspecified atom stereocenters. The number of thioether (sulfide) groups is 1. The van der Waals surface area contributed by atoms with Gasteiger partial charge < -0.3 is 9.30 Å². The number of nitro benzene ring substituents is 1. The van der Waals surface area contributed by atoms with Gasteiger partial charge in [-0.25, -0.2) is 0 Å². The van der Waals surface area contributed by atoms with Gasteiger partial charge in [0, 0.05) is 34.2 Å². The molecule has 0 fully saturated rings. The van der Waals surface area contributed by atoms with E-state index in [1.165, 1.54) is 39.8 Å². The SMILES string of the molecule is CCOC(=O)Cn1c(=NC(=O)CCSc2ccc(Cl)cc2)sc2ccc([N+](=O)[O-])cc21. The molecule has 0 saturated heterocycles. The second-order valence-electron chi connectivity index (χ2n) is 6.24. The number of hydrogen-bond acceptors (Lipinski definition) is 7. The summed E-state index contributed by atoms with van der Waals surface area (Å²) in [5.41, 5.74) is 0.342. The highest BCUT2D eigenvalue weighted by Gasteiger charge is 2.15.